The van der Waals surface area contributed by atoms with Gasteiger partial charge in [-0.15, -0.1) is 0 Å². The van der Waals surface area contributed by atoms with Crippen molar-refractivity contribution < 1.29 is 8.78 Å². The van der Waals surface area contributed by atoms with Gasteiger partial charge in [-0.05, 0) is 47.7 Å². The first-order chi connectivity index (χ1) is 7.90. The van der Waals surface area contributed by atoms with Crippen molar-refractivity contribution in [2.24, 2.45) is 5.92 Å². The van der Waals surface area contributed by atoms with Crippen molar-refractivity contribution >= 4 is 21.6 Å². The van der Waals surface area contributed by atoms with Gasteiger partial charge in [-0.1, -0.05) is 13.8 Å². The van der Waals surface area contributed by atoms with Gasteiger partial charge in [0.25, 0.3) is 0 Å². The van der Waals surface area contributed by atoms with Gasteiger partial charge in [0.1, 0.15) is 11.6 Å². The van der Waals surface area contributed by atoms with Crippen LogP contribution in [0.5, 0.6) is 0 Å². The van der Waals surface area contributed by atoms with E-state index in [2.05, 4.69) is 35.1 Å². The Morgan fingerprint density at radius 3 is 2.35 bits per heavy atom. The van der Waals surface area contributed by atoms with Crippen molar-refractivity contribution in [3.05, 3.63) is 28.2 Å². The summed E-state index contributed by atoms with van der Waals surface area (Å²) in [4.78, 5) is 0. The molecule has 0 aliphatic heterocycles. The Hall–Kier alpha value is -0.640. The van der Waals surface area contributed by atoms with Crippen LogP contribution < -0.4 is 5.32 Å². The first-order valence-electron chi connectivity index (χ1n) is 5.81. The summed E-state index contributed by atoms with van der Waals surface area (Å²) < 4.78 is 26.9. The summed E-state index contributed by atoms with van der Waals surface area (Å²) in [5.41, 5.74) is 0.224. The zero-order valence-corrected chi connectivity index (χ0v) is 11.9. The molecule has 1 aromatic rings. The van der Waals surface area contributed by atoms with E-state index >= 15 is 0 Å². The van der Waals surface area contributed by atoms with E-state index in [4.69, 9.17) is 0 Å². The maximum Gasteiger partial charge on any atom is 0.147 e. The van der Waals surface area contributed by atoms with Crippen LogP contribution in [0.1, 0.15) is 33.6 Å². The van der Waals surface area contributed by atoms with Crippen LogP contribution in [0.2, 0.25) is 0 Å². The number of anilines is 1. The van der Waals surface area contributed by atoms with Crippen LogP contribution in [0.3, 0.4) is 0 Å². The highest BCUT2D eigenvalue weighted by Gasteiger charge is 2.11. The van der Waals surface area contributed by atoms with E-state index in [9.17, 15) is 8.78 Å². The molecule has 1 N–H and O–H groups in total. The van der Waals surface area contributed by atoms with E-state index in [0.717, 1.165) is 18.9 Å². The normalized spacial score (nSPS) is 12.9. The average Bonchev–Trinajstić information content (AvgIpc) is 2.23. The molecule has 0 amide bonds. The Bertz CT molecular complexity index is 380. The minimum Gasteiger partial charge on any atom is -0.380 e. The summed E-state index contributed by atoms with van der Waals surface area (Å²) in [7, 11) is 0. The topological polar surface area (TPSA) is 12.0 Å². The number of hydrogen-bond acceptors (Lipinski definition) is 1. The van der Waals surface area contributed by atoms with E-state index in [-0.39, 0.29) is 16.2 Å². The van der Waals surface area contributed by atoms with E-state index in [1.54, 1.807) is 0 Å². The molecule has 1 unspecified atom stereocenters. The molecule has 0 aliphatic rings. The maximum atomic E-state index is 13.5. The van der Waals surface area contributed by atoms with Crippen molar-refractivity contribution in [2.45, 2.75) is 39.7 Å². The largest absolute Gasteiger partial charge is 0.380 e. The Morgan fingerprint density at radius 2 is 1.76 bits per heavy atom. The summed E-state index contributed by atoms with van der Waals surface area (Å²) in [6.07, 6.45) is 2.00. The molecule has 0 heterocycles. The number of halogens is 3. The summed E-state index contributed by atoms with van der Waals surface area (Å²) in [5.74, 6) is -0.273. The highest BCUT2D eigenvalue weighted by molar-refractivity contribution is 9.10. The van der Waals surface area contributed by atoms with Crippen molar-refractivity contribution in [1.82, 2.24) is 0 Å². The summed E-state index contributed by atoms with van der Waals surface area (Å²) in [5, 5.41) is 3.00. The molecule has 1 aromatic carbocycles. The smallest absolute Gasteiger partial charge is 0.147 e. The summed E-state index contributed by atoms with van der Waals surface area (Å²) >= 11 is 2.95. The molecule has 0 fully saturated rings. The molecule has 1 atom stereocenters. The van der Waals surface area contributed by atoms with Gasteiger partial charge in [0.2, 0.25) is 0 Å². The van der Waals surface area contributed by atoms with Crippen molar-refractivity contribution in [1.29, 1.82) is 0 Å². The molecule has 0 saturated carbocycles. The zero-order valence-electron chi connectivity index (χ0n) is 10.4. The van der Waals surface area contributed by atoms with Crippen molar-refractivity contribution in [3.63, 3.8) is 0 Å². The molecule has 1 rings (SSSR count). The Labute approximate surface area is 110 Å². The lowest BCUT2D eigenvalue weighted by molar-refractivity contribution is 0.524. The van der Waals surface area contributed by atoms with Gasteiger partial charge in [-0.25, -0.2) is 8.78 Å². The molecular formula is C13H18BrF2N. The van der Waals surface area contributed by atoms with Gasteiger partial charge in [-0.2, -0.15) is 0 Å². The predicted molar refractivity (Wildman–Crippen MR) is 71.2 cm³/mol. The maximum absolute atomic E-state index is 13.5. The van der Waals surface area contributed by atoms with Crippen LogP contribution >= 0.6 is 15.9 Å². The fourth-order valence-electron chi connectivity index (χ4n) is 1.55. The van der Waals surface area contributed by atoms with Crippen LogP contribution in [-0.4, -0.2) is 6.04 Å². The molecule has 0 bridgehead atoms. The molecular weight excluding hydrogens is 288 g/mol. The van der Waals surface area contributed by atoms with Gasteiger partial charge in [0, 0.05) is 12.1 Å². The highest BCUT2D eigenvalue weighted by Crippen LogP contribution is 2.24. The first kappa shape index (κ1) is 14.4. The Balaban J connectivity index is 2.65. The lowest BCUT2D eigenvalue weighted by atomic mass is 10.0. The Morgan fingerprint density at radius 1 is 1.12 bits per heavy atom. The minimum absolute atomic E-state index is 0.132. The Kier molecular flexibility index (Phi) is 5.37. The second-order valence-electron chi connectivity index (χ2n) is 4.76. The highest BCUT2D eigenvalue weighted by atomic mass is 79.9. The van der Waals surface area contributed by atoms with E-state index in [0.29, 0.717) is 5.92 Å². The van der Waals surface area contributed by atoms with Crippen LogP contribution in [0.4, 0.5) is 14.5 Å². The first-order valence-corrected chi connectivity index (χ1v) is 6.60. The fourth-order valence-corrected chi connectivity index (χ4v) is 1.87. The molecule has 4 heteroatoms. The van der Waals surface area contributed by atoms with Crippen LogP contribution in [0.15, 0.2) is 16.6 Å². The number of rotatable bonds is 5. The van der Waals surface area contributed by atoms with Gasteiger partial charge >= 0.3 is 0 Å². The van der Waals surface area contributed by atoms with Gasteiger partial charge in [-0.3, -0.25) is 0 Å². The number of nitrogens with one attached hydrogen (secondary N) is 1. The van der Waals surface area contributed by atoms with E-state index < -0.39 is 11.6 Å². The molecule has 1 nitrogen and oxygen atoms in total. The van der Waals surface area contributed by atoms with Gasteiger partial charge < -0.3 is 5.32 Å². The van der Waals surface area contributed by atoms with Crippen LogP contribution in [0.25, 0.3) is 0 Å². The second kappa shape index (κ2) is 6.34. The van der Waals surface area contributed by atoms with Crippen LogP contribution in [0, 0.1) is 17.6 Å². The van der Waals surface area contributed by atoms with Crippen LogP contribution in [-0.2, 0) is 0 Å². The standard InChI is InChI=1S/C13H18BrF2N/c1-8(2)4-5-9(3)17-13-7-11(15)10(14)6-12(13)16/h6-9,17H,4-5H2,1-3H3. The van der Waals surface area contributed by atoms with Crippen molar-refractivity contribution in [2.75, 3.05) is 5.32 Å². The van der Waals surface area contributed by atoms with E-state index in [1.165, 1.54) is 6.07 Å². The third kappa shape index (κ3) is 4.62. The summed E-state index contributed by atoms with van der Waals surface area (Å²) in [6.45, 7) is 6.26. The SMILES string of the molecule is CC(C)CCC(C)Nc1cc(F)c(Br)cc1F. The average molecular weight is 306 g/mol. The zero-order chi connectivity index (χ0) is 13.0. The lowest BCUT2D eigenvalue weighted by Gasteiger charge is -2.17. The molecule has 0 saturated heterocycles. The lowest BCUT2D eigenvalue weighted by Crippen LogP contribution is -2.17. The van der Waals surface area contributed by atoms with Gasteiger partial charge in [0.15, 0.2) is 0 Å². The summed E-state index contributed by atoms with van der Waals surface area (Å²) in [6, 6.07) is 2.46. The molecule has 17 heavy (non-hydrogen) atoms. The predicted octanol–water partition coefficient (Wildman–Crippen LogP) is 4.96. The van der Waals surface area contributed by atoms with E-state index in [1.807, 2.05) is 6.92 Å². The molecule has 0 aromatic heterocycles. The fraction of sp³-hybridized carbons (Fsp3) is 0.538. The second-order valence-corrected chi connectivity index (χ2v) is 5.62. The third-order valence-corrected chi connectivity index (χ3v) is 3.20. The molecule has 0 radical (unpaired) electrons. The number of benzene rings is 1. The third-order valence-electron chi connectivity index (χ3n) is 2.59. The number of hydrogen-bond donors (Lipinski definition) is 1. The molecule has 0 aliphatic carbocycles. The minimum atomic E-state index is -0.454. The molecule has 96 valence electrons. The molecule has 0 spiro atoms. The van der Waals surface area contributed by atoms with Crippen molar-refractivity contribution in [3.8, 4) is 0 Å². The quantitative estimate of drug-likeness (QED) is 0.758. The monoisotopic (exact) mass is 305 g/mol. The van der Waals surface area contributed by atoms with Gasteiger partial charge in [0.05, 0.1) is 10.2 Å².